The van der Waals surface area contributed by atoms with E-state index in [1.165, 1.54) is 24.3 Å². The SMILES string of the molecule is COc1ccc(C2=NN(C(=O)CCCC(=O)O)[C@H](c3cccc(F)c3)C2)cc1OC. The summed E-state index contributed by atoms with van der Waals surface area (Å²) in [5, 5.41) is 14.7. The molecule has 0 saturated heterocycles. The Hall–Kier alpha value is -3.42. The number of nitrogens with zero attached hydrogens (tertiary/aromatic N) is 2. The van der Waals surface area contributed by atoms with Gasteiger partial charge in [0.1, 0.15) is 5.82 Å². The molecule has 158 valence electrons. The molecule has 1 atom stereocenters. The van der Waals surface area contributed by atoms with Gasteiger partial charge in [0.25, 0.3) is 0 Å². The van der Waals surface area contributed by atoms with Crippen molar-refractivity contribution in [2.24, 2.45) is 5.10 Å². The monoisotopic (exact) mass is 414 g/mol. The molecule has 7 nitrogen and oxygen atoms in total. The lowest BCUT2D eigenvalue weighted by Gasteiger charge is -2.22. The first-order valence-corrected chi connectivity index (χ1v) is 9.52. The van der Waals surface area contributed by atoms with Gasteiger partial charge in [0.15, 0.2) is 11.5 Å². The van der Waals surface area contributed by atoms with Gasteiger partial charge in [-0.25, -0.2) is 9.40 Å². The third-order valence-electron chi connectivity index (χ3n) is 4.90. The molecular formula is C22H23FN2O5. The van der Waals surface area contributed by atoms with E-state index in [0.29, 0.717) is 29.2 Å². The fourth-order valence-corrected chi connectivity index (χ4v) is 3.41. The van der Waals surface area contributed by atoms with Crippen LogP contribution in [-0.4, -0.2) is 41.9 Å². The van der Waals surface area contributed by atoms with Crippen molar-refractivity contribution < 1.29 is 28.6 Å². The van der Waals surface area contributed by atoms with Crippen LogP contribution in [-0.2, 0) is 9.59 Å². The van der Waals surface area contributed by atoms with E-state index < -0.39 is 17.8 Å². The van der Waals surface area contributed by atoms with Gasteiger partial charge in [0.2, 0.25) is 5.91 Å². The number of carboxylic acid groups (broad SMARTS) is 1. The molecule has 3 rings (SSSR count). The summed E-state index contributed by atoms with van der Waals surface area (Å²) in [4.78, 5) is 23.5. The number of hydrazone groups is 1. The molecule has 1 N–H and O–H groups in total. The van der Waals surface area contributed by atoms with Gasteiger partial charge in [-0.3, -0.25) is 9.59 Å². The van der Waals surface area contributed by atoms with Crippen LogP contribution in [0.25, 0.3) is 0 Å². The van der Waals surface area contributed by atoms with E-state index in [4.69, 9.17) is 14.6 Å². The van der Waals surface area contributed by atoms with Crippen molar-refractivity contribution in [1.82, 2.24) is 5.01 Å². The minimum absolute atomic E-state index is 0.0425. The minimum atomic E-state index is -0.958. The average molecular weight is 414 g/mol. The Bertz CT molecular complexity index is 976. The first kappa shape index (κ1) is 21.3. The molecule has 1 aliphatic heterocycles. The van der Waals surface area contributed by atoms with Crippen molar-refractivity contribution in [3.05, 3.63) is 59.4 Å². The van der Waals surface area contributed by atoms with E-state index in [-0.39, 0.29) is 25.2 Å². The molecule has 1 heterocycles. The summed E-state index contributed by atoms with van der Waals surface area (Å²) in [6.45, 7) is 0. The van der Waals surface area contributed by atoms with Gasteiger partial charge in [0.05, 0.1) is 26.0 Å². The molecule has 1 aliphatic rings. The number of carbonyl (C=O) groups is 2. The number of hydrogen-bond acceptors (Lipinski definition) is 5. The van der Waals surface area contributed by atoms with Crippen LogP contribution in [0.3, 0.4) is 0 Å². The number of benzene rings is 2. The highest BCUT2D eigenvalue weighted by Crippen LogP contribution is 2.36. The van der Waals surface area contributed by atoms with Gasteiger partial charge < -0.3 is 14.6 Å². The van der Waals surface area contributed by atoms with Crippen LogP contribution in [0.1, 0.15) is 42.9 Å². The maximum atomic E-state index is 13.8. The van der Waals surface area contributed by atoms with Gasteiger partial charge in [-0.15, -0.1) is 0 Å². The number of carboxylic acids is 1. The molecule has 1 amide bonds. The van der Waals surface area contributed by atoms with Crippen molar-refractivity contribution in [2.75, 3.05) is 14.2 Å². The highest BCUT2D eigenvalue weighted by atomic mass is 19.1. The average Bonchev–Trinajstić information content (AvgIpc) is 3.18. The van der Waals surface area contributed by atoms with E-state index >= 15 is 0 Å². The maximum Gasteiger partial charge on any atom is 0.303 e. The van der Waals surface area contributed by atoms with Crippen molar-refractivity contribution >= 4 is 17.6 Å². The van der Waals surface area contributed by atoms with E-state index in [1.54, 1.807) is 31.4 Å². The Morgan fingerprint density at radius 1 is 1.13 bits per heavy atom. The number of carbonyl (C=O) groups excluding carboxylic acids is 1. The molecule has 2 aromatic rings. The van der Waals surface area contributed by atoms with E-state index in [2.05, 4.69) is 5.10 Å². The molecule has 0 bridgehead atoms. The molecule has 0 spiro atoms. The standard InChI is InChI=1S/C22H23FN2O5/c1-29-19-10-9-14(12-20(19)30-2)17-13-18(15-5-3-6-16(23)11-15)25(24-17)21(26)7-4-8-22(27)28/h3,5-6,9-12,18H,4,7-8,13H2,1-2H3,(H,27,28)/t18-/m0/s1. The zero-order chi connectivity index (χ0) is 21.7. The van der Waals surface area contributed by atoms with Crippen LogP contribution in [0, 0.1) is 5.82 Å². The van der Waals surface area contributed by atoms with Crippen molar-refractivity contribution in [2.45, 2.75) is 31.7 Å². The van der Waals surface area contributed by atoms with Crippen LogP contribution < -0.4 is 9.47 Å². The predicted molar refractivity (Wildman–Crippen MR) is 108 cm³/mol. The smallest absolute Gasteiger partial charge is 0.303 e. The lowest BCUT2D eigenvalue weighted by Crippen LogP contribution is -2.27. The zero-order valence-electron chi connectivity index (χ0n) is 16.8. The molecule has 8 heteroatoms. The van der Waals surface area contributed by atoms with Crippen molar-refractivity contribution in [3.63, 3.8) is 0 Å². The second kappa shape index (κ2) is 9.39. The predicted octanol–water partition coefficient (Wildman–Crippen LogP) is 3.78. The third-order valence-corrected chi connectivity index (χ3v) is 4.90. The topological polar surface area (TPSA) is 88.4 Å². The molecule has 0 aliphatic carbocycles. The zero-order valence-corrected chi connectivity index (χ0v) is 16.8. The number of rotatable bonds is 8. The summed E-state index contributed by atoms with van der Waals surface area (Å²) < 4.78 is 24.4. The number of methoxy groups -OCH3 is 2. The van der Waals surface area contributed by atoms with E-state index in [9.17, 15) is 14.0 Å². The second-order valence-corrected chi connectivity index (χ2v) is 6.88. The highest BCUT2D eigenvalue weighted by molar-refractivity contribution is 6.03. The van der Waals surface area contributed by atoms with Crippen LogP contribution in [0.2, 0.25) is 0 Å². The Morgan fingerprint density at radius 3 is 2.57 bits per heavy atom. The fraction of sp³-hybridized carbons (Fsp3) is 0.318. The summed E-state index contributed by atoms with van der Waals surface area (Å²) in [6.07, 6.45) is 0.544. The fourth-order valence-electron chi connectivity index (χ4n) is 3.41. The van der Waals surface area contributed by atoms with Gasteiger partial charge in [0, 0.05) is 24.8 Å². The van der Waals surface area contributed by atoms with Crippen LogP contribution >= 0.6 is 0 Å². The van der Waals surface area contributed by atoms with E-state index in [0.717, 1.165) is 5.56 Å². The lowest BCUT2D eigenvalue weighted by molar-refractivity contribution is -0.137. The Balaban J connectivity index is 1.91. The van der Waals surface area contributed by atoms with Gasteiger partial charge >= 0.3 is 5.97 Å². The first-order chi connectivity index (χ1) is 14.4. The Kier molecular flexibility index (Phi) is 6.66. The summed E-state index contributed by atoms with van der Waals surface area (Å²) in [5.41, 5.74) is 2.03. The molecule has 30 heavy (non-hydrogen) atoms. The number of ether oxygens (including phenoxy) is 2. The normalized spacial score (nSPS) is 15.6. The maximum absolute atomic E-state index is 13.8. The third kappa shape index (κ3) is 4.76. The van der Waals surface area contributed by atoms with Gasteiger partial charge in [-0.2, -0.15) is 5.10 Å². The summed E-state index contributed by atoms with van der Waals surface area (Å²) in [5.74, 6) is -0.555. The van der Waals surface area contributed by atoms with Gasteiger partial charge in [-0.1, -0.05) is 12.1 Å². The molecule has 0 unspecified atom stereocenters. The van der Waals surface area contributed by atoms with Crippen molar-refractivity contribution in [3.8, 4) is 11.5 Å². The van der Waals surface area contributed by atoms with Crippen LogP contribution in [0.5, 0.6) is 11.5 Å². The molecule has 0 aromatic heterocycles. The number of amides is 1. The number of halogens is 1. The summed E-state index contributed by atoms with van der Waals surface area (Å²) >= 11 is 0. The van der Waals surface area contributed by atoms with Crippen LogP contribution in [0.15, 0.2) is 47.6 Å². The Morgan fingerprint density at radius 2 is 1.90 bits per heavy atom. The quantitative estimate of drug-likeness (QED) is 0.710. The molecule has 0 radical (unpaired) electrons. The lowest BCUT2D eigenvalue weighted by atomic mass is 9.98. The van der Waals surface area contributed by atoms with Crippen molar-refractivity contribution in [1.29, 1.82) is 0 Å². The molecule has 2 aromatic carbocycles. The Labute approximate surface area is 173 Å². The molecule has 0 saturated carbocycles. The van der Waals surface area contributed by atoms with Gasteiger partial charge in [-0.05, 0) is 42.3 Å². The van der Waals surface area contributed by atoms with Crippen LogP contribution in [0.4, 0.5) is 4.39 Å². The summed E-state index contributed by atoms with van der Waals surface area (Å²) in [6, 6.07) is 10.9. The summed E-state index contributed by atoms with van der Waals surface area (Å²) in [7, 11) is 3.08. The number of hydrogen-bond donors (Lipinski definition) is 1. The highest BCUT2D eigenvalue weighted by Gasteiger charge is 2.33. The molecule has 0 fully saturated rings. The molecular weight excluding hydrogens is 391 g/mol. The largest absolute Gasteiger partial charge is 0.493 e. The van der Waals surface area contributed by atoms with E-state index in [1.807, 2.05) is 6.07 Å². The minimum Gasteiger partial charge on any atom is -0.493 e. The second-order valence-electron chi connectivity index (χ2n) is 6.88. The first-order valence-electron chi connectivity index (χ1n) is 9.52. The number of aliphatic carboxylic acids is 1.